The summed E-state index contributed by atoms with van der Waals surface area (Å²) in [4.78, 5) is 17.2. The Labute approximate surface area is 145 Å². The molecule has 0 radical (unpaired) electrons. The molecular weight excluding hydrogens is 359 g/mol. The number of halogens is 2. The van der Waals surface area contributed by atoms with E-state index >= 15 is 0 Å². The maximum absolute atomic E-state index is 12.3. The van der Waals surface area contributed by atoms with Crippen LogP contribution in [0.25, 0.3) is 10.1 Å². The van der Waals surface area contributed by atoms with Crippen LogP contribution >= 0.6 is 45.9 Å². The van der Waals surface area contributed by atoms with Crippen LogP contribution in [0.4, 0.5) is 0 Å². The molecule has 2 heterocycles. The van der Waals surface area contributed by atoms with Gasteiger partial charge in [-0.1, -0.05) is 29.3 Å². The molecule has 0 saturated heterocycles. The fourth-order valence-electron chi connectivity index (χ4n) is 2.12. The van der Waals surface area contributed by atoms with Gasteiger partial charge in [-0.15, -0.1) is 22.7 Å². The van der Waals surface area contributed by atoms with Crippen LogP contribution in [0.2, 0.25) is 10.0 Å². The number of benzene rings is 1. The Balaban J connectivity index is 1.72. The molecule has 0 unspecified atom stereocenters. The van der Waals surface area contributed by atoms with E-state index in [0.29, 0.717) is 27.9 Å². The lowest BCUT2D eigenvalue weighted by Crippen LogP contribution is -2.25. The highest BCUT2D eigenvalue weighted by molar-refractivity contribution is 7.21. The zero-order valence-electron chi connectivity index (χ0n) is 11.7. The van der Waals surface area contributed by atoms with Gasteiger partial charge in [0.15, 0.2) is 0 Å². The first-order valence-corrected chi connectivity index (χ1v) is 9.07. The number of aryl methyl sites for hydroxylation is 1. The van der Waals surface area contributed by atoms with E-state index < -0.39 is 0 Å². The summed E-state index contributed by atoms with van der Waals surface area (Å²) >= 11 is 15.4. The minimum absolute atomic E-state index is 0.172. The van der Waals surface area contributed by atoms with Crippen molar-refractivity contribution in [2.24, 2.45) is 0 Å². The average Bonchev–Trinajstić information content (AvgIpc) is 3.04. The average molecular weight is 371 g/mol. The van der Waals surface area contributed by atoms with Crippen LogP contribution in [0.3, 0.4) is 0 Å². The Morgan fingerprint density at radius 2 is 2.18 bits per heavy atom. The van der Waals surface area contributed by atoms with Crippen LogP contribution < -0.4 is 5.32 Å². The van der Waals surface area contributed by atoms with E-state index in [1.807, 2.05) is 24.4 Å². The number of rotatable bonds is 4. The number of fused-ring (bicyclic) bond motifs is 1. The summed E-state index contributed by atoms with van der Waals surface area (Å²) < 4.78 is 0.915. The fraction of sp³-hybridized carbons (Fsp3) is 0.200. The molecule has 3 nitrogen and oxygen atoms in total. The van der Waals surface area contributed by atoms with Crippen molar-refractivity contribution >= 4 is 61.9 Å². The fourth-order valence-corrected chi connectivity index (χ4v) is 4.64. The summed E-state index contributed by atoms with van der Waals surface area (Å²) in [6.45, 7) is 2.49. The van der Waals surface area contributed by atoms with Crippen molar-refractivity contribution in [3.63, 3.8) is 0 Å². The number of thiophene rings is 1. The van der Waals surface area contributed by atoms with Gasteiger partial charge >= 0.3 is 0 Å². The summed E-state index contributed by atoms with van der Waals surface area (Å²) in [5.74, 6) is -0.172. The molecule has 1 aromatic carbocycles. The quantitative estimate of drug-likeness (QED) is 0.705. The van der Waals surface area contributed by atoms with Crippen molar-refractivity contribution in [1.82, 2.24) is 10.3 Å². The Morgan fingerprint density at radius 1 is 1.36 bits per heavy atom. The van der Waals surface area contributed by atoms with Gasteiger partial charge in [0, 0.05) is 28.4 Å². The smallest absolute Gasteiger partial charge is 0.262 e. The highest BCUT2D eigenvalue weighted by Crippen LogP contribution is 2.39. The van der Waals surface area contributed by atoms with E-state index in [4.69, 9.17) is 23.2 Å². The molecule has 2 aromatic heterocycles. The third-order valence-electron chi connectivity index (χ3n) is 3.15. The lowest BCUT2D eigenvalue weighted by atomic mass is 10.2. The molecule has 7 heteroatoms. The van der Waals surface area contributed by atoms with E-state index in [1.165, 1.54) is 11.3 Å². The Hall–Kier alpha value is -1.14. The zero-order chi connectivity index (χ0) is 15.7. The van der Waals surface area contributed by atoms with E-state index in [9.17, 15) is 4.79 Å². The number of carbonyl (C=O) groups excluding carboxylic acids is 1. The predicted octanol–water partition coefficient (Wildman–Crippen LogP) is 4.95. The SMILES string of the molecule is Cc1nc(CCNC(=O)c2sc3cccc(Cl)c3c2Cl)cs1. The second-order valence-corrected chi connectivity index (χ2v) is 7.62. The number of amides is 1. The minimum atomic E-state index is -0.172. The van der Waals surface area contributed by atoms with Crippen LogP contribution in [0.1, 0.15) is 20.4 Å². The predicted molar refractivity (Wildman–Crippen MR) is 94.7 cm³/mol. The van der Waals surface area contributed by atoms with E-state index in [-0.39, 0.29) is 5.91 Å². The van der Waals surface area contributed by atoms with Gasteiger partial charge in [0.1, 0.15) is 4.88 Å². The molecule has 1 amide bonds. The first-order valence-electron chi connectivity index (χ1n) is 6.62. The Bertz CT molecular complexity index is 841. The van der Waals surface area contributed by atoms with E-state index in [2.05, 4.69) is 10.3 Å². The van der Waals surface area contributed by atoms with Crippen LogP contribution in [0.15, 0.2) is 23.6 Å². The summed E-state index contributed by atoms with van der Waals surface area (Å²) in [5, 5.41) is 7.66. The van der Waals surface area contributed by atoms with Crippen molar-refractivity contribution in [2.45, 2.75) is 13.3 Å². The van der Waals surface area contributed by atoms with Crippen molar-refractivity contribution < 1.29 is 4.79 Å². The van der Waals surface area contributed by atoms with Gasteiger partial charge in [0.05, 0.1) is 20.7 Å². The van der Waals surface area contributed by atoms with Crippen molar-refractivity contribution in [1.29, 1.82) is 0 Å². The molecule has 3 rings (SSSR count). The van der Waals surface area contributed by atoms with Gasteiger partial charge < -0.3 is 5.32 Å². The van der Waals surface area contributed by atoms with Crippen molar-refractivity contribution in [3.05, 3.63) is 49.2 Å². The maximum Gasteiger partial charge on any atom is 0.262 e. The number of hydrogen-bond acceptors (Lipinski definition) is 4. The summed E-state index contributed by atoms with van der Waals surface area (Å²) in [6, 6.07) is 5.53. The molecule has 0 aliphatic rings. The topological polar surface area (TPSA) is 42.0 Å². The zero-order valence-corrected chi connectivity index (χ0v) is 14.8. The first-order chi connectivity index (χ1) is 10.6. The lowest BCUT2D eigenvalue weighted by Gasteiger charge is -2.02. The Kier molecular flexibility index (Phi) is 4.68. The standard InChI is InChI=1S/C15H12Cl2N2OS2/c1-8-19-9(7-21-8)5-6-18-15(20)14-13(17)12-10(16)3-2-4-11(12)22-14/h2-4,7H,5-6H2,1H3,(H,18,20). The van der Waals surface area contributed by atoms with Crippen molar-refractivity contribution in [3.8, 4) is 0 Å². The second kappa shape index (κ2) is 6.54. The van der Waals surface area contributed by atoms with Crippen molar-refractivity contribution in [2.75, 3.05) is 6.54 Å². The number of carbonyl (C=O) groups is 1. The third kappa shape index (κ3) is 3.13. The number of hydrogen-bond donors (Lipinski definition) is 1. The Morgan fingerprint density at radius 3 is 2.86 bits per heavy atom. The third-order valence-corrected chi connectivity index (χ3v) is 5.93. The van der Waals surface area contributed by atoms with Gasteiger partial charge in [-0.25, -0.2) is 4.98 Å². The van der Waals surface area contributed by atoms with Gasteiger partial charge in [-0.05, 0) is 19.1 Å². The van der Waals surface area contributed by atoms with Gasteiger partial charge in [0.2, 0.25) is 0 Å². The molecule has 0 fully saturated rings. The molecule has 1 N–H and O–H groups in total. The molecular formula is C15H12Cl2N2OS2. The van der Waals surface area contributed by atoms with Gasteiger partial charge in [-0.2, -0.15) is 0 Å². The minimum Gasteiger partial charge on any atom is -0.351 e. The highest BCUT2D eigenvalue weighted by atomic mass is 35.5. The monoisotopic (exact) mass is 370 g/mol. The molecule has 0 aliphatic carbocycles. The van der Waals surface area contributed by atoms with E-state index in [1.54, 1.807) is 17.4 Å². The summed E-state index contributed by atoms with van der Waals surface area (Å²) in [5.41, 5.74) is 0.994. The highest BCUT2D eigenvalue weighted by Gasteiger charge is 2.18. The number of nitrogens with zero attached hydrogens (tertiary/aromatic N) is 1. The summed E-state index contributed by atoms with van der Waals surface area (Å²) in [7, 11) is 0. The molecule has 0 bridgehead atoms. The van der Waals surface area contributed by atoms with Crippen LogP contribution in [0, 0.1) is 6.92 Å². The molecule has 0 spiro atoms. The van der Waals surface area contributed by atoms with Gasteiger partial charge in [0.25, 0.3) is 5.91 Å². The van der Waals surface area contributed by atoms with Gasteiger partial charge in [-0.3, -0.25) is 4.79 Å². The molecule has 22 heavy (non-hydrogen) atoms. The van der Waals surface area contributed by atoms with Crippen LogP contribution in [-0.2, 0) is 6.42 Å². The largest absolute Gasteiger partial charge is 0.351 e. The molecule has 0 aliphatic heterocycles. The molecule has 0 atom stereocenters. The van der Waals surface area contributed by atoms with Crippen LogP contribution in [-0.4, -0.2) is 17.4 Å². The normalized spacial score (nSPS) is 11.0. The lowest BCUT2D eigenvalue weighted by molar-refractivity contribution is 0.0958. The molecule has 114 valence electrons. The molecule has 3 aromatic rings. The number of nitrogens with one attached hydrogen (secondary N) is 1. The molecule has 0 saturated carbocycles. The number of thiazole rings is 1. The van der Waals surface area contributed by atoms with E-state index in [0.717, 1.165) is 20.8 Å². The summed E-state index contributed by atoms with van der Waals surface area (Å²) in [6.07, 6.45) is 0.708. The van der Waals surface area contributed by atoms with Crippen LogP contribution in [0.5, 0.6) is 0 Å². The maximum atomic E-state index is 12.3. The number of aromatic nitrogens is 1. The first kappa shape index (κ1) is 15.7. The second-order valence-electron chi connectivity index (χ2n) is 4.72.